The Kier molecular flexibility index (Phi) is 5.80. The SMILES string of the molecule is CNC1CCN(S(=O)(=O)c2ccc(C#N)c(Cl)c2)C1.Cl. The van der Waals surface area contributed by atoms with E-state index in [1.165, 1.54) is 22.5 Å². The van der Waals surface area contributed by atoms with Crippen LogP contribution in [-0.4, -0.2) is 38.9 Å². The molecule has 0 aliphatic carbocycles. The molecule has 1 aromatic rings. The molecule has 1 heterocycles. The average Bonchev–Trinajstić information content (AvgIpc) is 2.88. The third-order valence-electron chi connectivity index (χ3n) is 3.26. The van der Waals surface area contributed by atoms with Crippen molar-refractivity contribution in [3.8, 4) is 6.07 Å². The summed E-state index contributed by atoms with van der Waals surface area (Å²) in [5, 5.41) is 12.0. The maximum atomic E-state index is 12.4. The van der Waals surface area contributed by atoms with Gasteiger partial charge in [-0.05, 0) is 31.7 Å². The monoisotopic (exact) mass is 335 g/mol. The van der Waals surface area contributed by atoms with Crippen LogP contribution in [0.5, 0.6) is 0 Å². The Hall–Kier alpha value is -0.840. The van der Waals surface area contributed by atoms with Crippen LogP contribution in [0.1, 0.15) is 12.0 Å². The third kappa shape index (κ3) is 3.25. The van der Waals surface area contributed by atoms with Gasteiger partial charge in [0.25, 0.3) is 0 Å². The molecule has 0 radical (unpaired) electrons. The highest BCUT2D eigenvalue weighted by Crippen LogP contribution is 2.25. The van der Waals surface area contributed by atoms with Crippen LogP contribution in [0.25, 0.3) is 0 Å². The van der Waals surface area contributed by atoms with E-state index in [1.807, 2.05) is 13.1 Å². The van der Waals surface area contributed by atoms with E-state index in [-0.39, 0.29) is 33.9 Å². The Morgan fingerprint density at radius 3 is 2.70 bits per heavy atom. The lowest BCUT2D eigenvalue weighted by Crippen LogP contribution is -2.33. The fourth-order valence-corrected chi connectivity index (χ4v) is 3.89. The molecule has 1 aliphatic rings. The molecule has 0 aromatic heterocycles. The van der Waals surface area contributed by atoms with Crippen molar-refractivity contribution in [2.75, 3.05) is 20.1 Å². The van der Waals surface area contributed by atoms with Crippen LogP contribution in [0.3, 0.4) is 0 Å². The van der Waals surface area contributed by atoms with E-state index in [2.05, 4.69) is 5.32 Å². The van der Waals surface area contributed by atoms with Gasteiger partial charge in [-0.1, -0.05) is 11.6 Å². The Bertz CT molecular complexity index is 628. The standard InChI is InChI=1S/C12H14ClN3O2S.ClH/c1-15-10-4-5-16(8-10)19(17,18)11-3-2-9(7-14)12(13)6-11;/h2-3,6,10,15H,4-5,8H2,1H3;1H. The molecule has 0 saturated carbocycles. The molecule has 0 bridgehead atoms. The lowest BCUT2D eigenvalue weighted by molar-refractivity contribution is 0.464. The number of likely N-dealkylation sites (N-methyl/N-ethyl adjacent to an activating group) is 1. The van der Waals surface area contributed by atoms with Crippen LogP contribution in [0, 0.1) is 11.3 Å². The predicted octanol–water partition coefficient (Wildman–Crippen LogP) is 1.62. The summed E-state index contributed by atoms with van der Waals surface area (Å²) in [6, 6.07) is 6.28. The van der Waals surface area contributed by atoms with Crippen molar-refractivity contribution in [1.82, 2.24) is 9.62 Å². The van der Waals surface area contributed by atoms with Crippen LogP contribution in [0.15, 0.2) is 23.1 Å². The number of nitriles is 1. The number of nitrogens with one attached hydrogen (secondary N) is 1. The number of halogens is 2. The van der Waals surface area contributed by atoms with Crippen LogP contribution in [-0.2, 0) is 10.0 Å². The fourth-order valence-electron chi connectivity index (χ4n) is 2.08. The van der Waals surface area contributed by atoms with Gasteiger partial charge in [-0.25, -0.2) is 8.42 Å². The first-order valence-electron chi connectivity index (χ1n) is 5.86. The first-order chi connectivity index (χ1) is 8.98. The van der Waals surface area contributed by atoms with E-state index in [4.69, 9.17) is 16.9 Å². The Morgan fingerprint density at radius 1 is 1.50 bits per heavy atom. The molecule has 2 rings (SSSR count). The van der Waals surface area contributed by atoms with Crippen LogP contribution in [0.2, 0.25) is 5.02 Å². The number of hydrogen-bond donors (Lipinski definition) is 1. The summed E-state index contributed by atoms with van der Waals surface area (Å²) < 4.78 is 26.2. The molecule has 1 fully saturated rings. The van der Waals surface area contributed by atoms with Crippen molar-refractivity contribution in [3.63, 3.8) is 0 Å². The number of sulfonamides is 1. The van der Waals surface area contributed by atoms with Gasteiger partial charge < -0.3 is 5.32 Å². The maximum absolute atomic E-state index is 12.4. The van der Waals surface area contributed by atoms with E-state index >= 15 is 0 Å². The molecule has 1 aromatic carbocycles. The van der Waals surface area contributed by atoms with Gasteiger partial charge >= 0.3 is 0 Å². The van der Waals surface area contributed by atoms with E-state index < -0.39 is 10.0 Å². The fraction of sp³-hybridized carbons (Fsp3) is 0.417. The highest BCUT2D eigenvalue weighted by molar-refractivity contribution is 7.89. The second kappa shape index (κ2) is 6.74. The minimum absolute atomic E-state index is 0. The Labute approximate surface area is 130 Å². The van der Waals surface area contributed by atoms with Gasteiger partial charge in [-0.3, -0.25) is 0 Å². The van der Waals surface area contributed by atoms with Crippen molar-refractivity contribution in [2.24, 2.45) is 0 Å². The van der Waals surface area contributed by atoms with Gasteiger partial charge in [0.05, 0.1) is 15.5 Å². The van der Waals surface area contributed by atoms with Crippen molar-refractivity contribution >= 4 is 34.0 Å². The zero-order valence-electron chi connectivity index (χ0n) is 10.8. The van der Waals surface area contributed by atoms with Gasteiger partial charge in [0.2, 0.25) is 10.0 Å². The lowest BCUT2D eigenvalue weighted by atomic mass is 10.2. The first-order valence-corrected chi connectivity index (χ1v) is 7.68. The van der Waals surface area contributed by atoms with Crippen LogP contribution < -0.4 is 5.32 Å². The third-order valence-corrected chi connectivity index (χ3v) is 5.43. The minimum Gasteiger partial charge on any atom is -0.316 e. The second-order valence-corrected chi connectivity index (χ2v) is 6.74. The Morgan fingerprint density at radius 2 is 2.20 bits per heavy atom. The summed E-state index contributed by atoms with van der Waals surface area (Å²) in [5.41, 5.74) is 0.273. The molecule has 8 heteroatoms. The quantitative estimate of drug-likeness (QED) is 0.910. The van der Waals surface area contributed by atoms with E-state index in [0.29, 0.717) is 13.1 Å². The molecule has 1 N–H and O–H groups in total. The maximum Gasteiger partial charge on any atom is 0.243 e. The molecule has 5 nitrogen and oxygen atoms in total. The topological polar surface area (TPSA) is 73.2 Å². The molecule has 1 aliphatic heterocycles. The van der Waals surface area contributed by atoms with Gasteiger partial charge in [0.1, 0.15) is 6.07 Å². The molecule has 0 amide bonds. The lowest BCUT2D eigenvalue weighted by Gasteiger charge is -2.16. The minimum atomic E-state index is -3.53. The summed E-state index contributed by atoms with van der Waals surface area (Å²) in [5.74, 6) is 0. The summed E-state index contributed by atoms with van der Waals surface area (Å²) >= 11 is 5.88. The molecule has 0 spiro atoms. The number of rotatable bonds is 3. The largest absolute Gasteiger partial charge is 0.316 e. The summed E-state index contributed by atoms with van der Waals surface area (Å²) in [6.45, 7) is 0.946. The van der Waals surface area contributed by atoms with Crippen LogP contribution >= 0.6 is 24.0 Å². The normalized spacial score (nSPS) is 19.4. The Balaban J connectivity index is 0.00000200. The number of nitrogens with zero attached hydrogens (tertiary/aromatic N) is 2. The predicted molar refractivity (Wildman–Crippen MR) is 79.6 cm³/mol. The zero-order chi connectivity index (χ0) is 14.0. The second-order valence-electron chi connectivity index (χ2n) is 4.39. The van der Waals surface area contributed by atoms with Crippen molar-refractivity contribution in [2.45, 2.75) is 17.4 Å². The van der Waals surface area contributed by atoms with Crippen LogP contribution in [0.4, 0.5) is 0 Å². The van der Waals surface area contributed by atoms with Crippen molar-refractivity contribution < 1.29 is 8.42 Å². The first kappa shape index (κ1) is 17.2. The molecular formula is C12H15Cl2N3O2S. The molecule has 110 valence electrons. The van der Waals surface area contributed by atoms with Crippen molar-refractivity contribution in [3.05, 3.63) is 28.8 Å². The number of hydrogen-bond acceptors (Lipinski definition) is 4. The molecule has 1 atom stereocenters. The molecular weight excluding hydrogens is 321 g/mol. The molecule has 20 heavy (non-hydrogen) atoms. The highest BCUT2D eigenvalue weighted by Gasteiger charge is 2.32. The smallest absolute Gasteiger partial charge is 0.243 e. The van der Waals surface area contributed by atoms with E-state index in [9.17, 15) is 8.42 Å². The van der Waals surface area contributed by atoms with Gasteiger partial charge in [-0.15, -0.1) is 12.4 Å². The number of benzene rings is 1. The van der Waals surface area contributed by atoms with Gasteiger partial charge in [-0.2, -0.15) is 9.57 Å². The highest BCUT2D eigenvalue weighted by atomic mass is 35.5. The zero-order valence-corrected chi connectivity index (χ0v) is 13.2. The summed E-state index contributed by atoms with van der Waals surface area (Å²) in [4.78, 5) is 0.133. The summed E-state index contributed by atoms with van der Waals surface area (Å²) in [7, 11) is -1.71. The summed E-state index contributed by atoms with van der Waals surface area (Å²) in [6.07, 6.45) is 0.791. The molecule has 1 unspecified atom stereocenters. The average molecular weight is 336 g/mol. The molecule has 1 saturated heterocycles. The van der Waals surface area contributed by atoms with Gasteiger partial charge in [0.15, 0.2) is 0 Å². The van der Waals surface area contributed by atoms with E-state index in [1.54, 1.807) is 0 Å². The van der Waals surface area contributed by atoms with Gasteiger partial charge in [0, 0.05) is 19.1 Å². The van der Waals surface area contributed by atoms with E-state index in [0.717, 1.165) is 6.42 Å². The van der Waals surface area contributed by atoms with Crippen molar-refractivity contribution in [1.29, 1.82) is 5.26 Å².